The summed E-state index contributed by atoms with van der Waals surface area (Å²) in [6, 6.07) is 12.0. The van der Waals surface area contributed by atoms with E-state index in [4.69, 9.17) is 23.2 Å². The first-order valence-electron chi connectivity index (χ1n) is 15.9. The lowest BCUT2D eigenvalue weighted by atomic mass is 9.48. The predicted molar refractivity (Wildman–Crippen MR) is 177 cm³/mol. The highest BCUT2D eigenvalue weighted by atomic mass is 35.5. The SMILES string of the molecule is CCC(C)NC(=O)C(CC)N(Cc1ccc(Cl)c(Cl)c1)C(=O)CN(c1ccc(C23CC4CC(CC(C4)C2)C3)cc1)S(C)(=O)=O. The lowest BCUT2D eigenvalue weighted by molar-refractivity contribution is -0.140. The fourth-order valence-electron chi connectivity index (χ4n) is 8.25. The van der Waals surface area contributed by atoms with Crippen LogP contribution < -0.4 is 9.62 Å². The van der Waals surface area contributed by atoms with Crippen LogP contribution in [0.25, 0.3) is 0 Å². The third-order valence-corrected chi connectivity index (χ3v) is 12.1. The number of nitrogens with zero attached hydrogens (tertiary/aromatic N) is 2. The number of anilines is 1. The molecule has 4 aliphatic carbocycles. The van der Waals surface area contributed by atoms with Gasteiger partial charge in [-0.25, -0.2) is 8.42 Å². The molecule has 2 aromatic carbocycles. The number of benzene rings is 2. The molecule has 4 saturated carbocycles. The van der Waals surface area contributed by atoms with Crippen molar-refractivity contribution in [3.8, 4) is 0 Å². The van der Waals surface area contributed by atoms with Crippen molar-refractivity contribution < 1.29 is 18.0 Å². The number of hydrogen-bond donors (Lipinski definition) is 1. The zero-order chi connectivity index (χ0) is 31.8. The van der Waals surface area contributed by atoms with Crippen LogP contribution in [0.3, 0.4) is 0 Å². The van der Waals surface area contributed by atoms with Crippen molar-refractivity contribution in [1.82, 2.24) is 10.2 Å². The Balaban J connectivity index is 1.41. The summed E-state index contributed by atoms with van der Waals surface area (Å²) in [6.07, 6.45) is 9.92. The first kappa shape index (κ1) is 33.1. The highest BCUT2D eigenvalue weighted by molar-refractivity contribution is 7.92. The lowest BCUT2D eigenvalue weighted by Gasteiger charge is -2.57. The molecule has 1 N–H and O–H groups in total. The number of halogens is 2. The average Bonchev–Trinajstić information content (AvgIpc) is 2.96. The molecule has 4 bridgehead atoms. The van der Waals surface area contributed by atoms with Crippen molar-refractivity contribution >= 4 is 50.7 Å². The van der Waals surface area contributed by atoms with Crippen LogP contribution in [0.2, 0.25) is 10.0 Å². The molecule has 0 heterocycles. The first-order chi connectivity index (χ1) is 20.8. The summed E-state index contributed by atoms with van der Waals surface area (Å²) in [7, 11) is -3.82. The van der Waals surface area contributed by atoms with E-state index in [-0.39, 0.29) is 23.9 Å². The normalized spacial score (nSPS) is 25.4. The van der Waals surface area contributed by atoms with Crippen LogP contribution in [-0.4, -0.2) is 50.0 Å². The molecule has 2 atom stereocenters. The second-order valence-electron chi connectivity index (χ2n) is 13.5. The first-order valence-corrected chi connectivity index (χ1v) is 18.5. The number of hydrogen-bond acceptors (Lipinski definition) is 4. The summed E-state index contributed by atoms with van der Waals surface area (Å²) in [6.45, 7) is 5.37. The molecule has 10 heteroatoms. The third kappa shape index (κ3) is 7.07. The molecule has 0 aromatic heterocycles. The smallest absolute Gasteiger partial charge is 0.244 e. The topological polar surface area (TPSA) is 86.8 Å². The fraction of sp³-hybridized carbons (Fsp3) is 0.588. The van der Waals surface area contributed by atoms with Crippen LogP contribution >= 0.6 is 23.2 Å². The largest absolute Gasteiger partial charge is 0.352 e. The molecule has 44 heavy (non-hydrogen) atoms. The number of sulfonamides is 1. The molecule has 2 unspecified atom stereocenters. The quantitative estimate of drug-likeness (QED) is 0.267. The molecule has 7 nitrogen and oxygen atoms in total. The van der Waals surface area contributed by atoms with Crippen LogP contribution in [0.4, 0.5) is 5.69 Å². The Bertz CT molecular complexity index is 1440. The summed E-state index contributed by atoms with van der Waals surface area (Å²) < 4.78 is 27.4. The second-order valence-corrected chi connectivity index (χ2v) is 16.2. The van der Waals surface area contributed by atoms with E-state index < -0.39 is 28.5 Å². The molecule has 0 saturated heterocycles. The van der Waals surface area contributed by atoms with Gasteiger partial charge < -0.3 is 10.2 Å². The van der Waals surface area contributed by atoms with E-state index in [1.165, 1.54) is 49.0 Å². The summed E-state index contributed by atoms with van der Waals surface area (Å²) in [5.74, 6) is 1.66. The molecule has 0 aliphatic heterocycles. The molecule has 240 valence electrons. The van der Waals surface area contributed by atoms with Gasteiger partial charge in [0, 0.05) is 12.6 Å². The van der Waals surface area contributed by atoms with E-state index in [1.54, 1.807) is 18.2 Å². The Hall–Kier alpha value is -2.29. The van der Waals surface area contributed by atoms with Crippen LogP contribution in [0.5, 0.6) is 0 Å². The van der Waals surface area contributed by atoms with E-state index in [9.17, 15) is 18.0 Å². The molecule has 4 fully saturated rings. The van der Waals surface area contributed by atoms with Crippen LogP contribution in [0.15, 0.2) is 42.5 Å². The van der Waals surface area contributed by atoms with Gasteiger partial charge in [-0.2, -0.15) is 0 Å². The Labute approximate surface area is 272 Å². The van der Waals surface area contributed by atoms with E-state index in [2.05, 4.69) is 17.4 Å². The minimum Gasteiger partial charge on any atom is -0.352 e. The Morgan fingerprint density at radius 1 is 0.932 bits per heavy atom. The monoisotopic (exact) mass is 661 g/mol. The molecule has 0 radical (unpaired) electrons. The van der Waals surface area contributed by atoms with Crippen LogP contribution in [0, 0.1) is 17.8 Å². The average molecular weight is 663 g/mol. The van der Waals surface area contributed by atoms with Gasteiger partial charge in [-0.15, -0.1) is 0 Å². The van der Waals surface area contributed by atoms with Gasteiger partial charge in [-0.1, -0.05) is 55.2 Å². The Morgan fingerprint density at radius 2 is 1.52 bits per heavy atom. The van der Waals surface area contributed by atoms with Gasteiger partial charge in [0.15, 0.2) is 0 Å². The van der Waals surface area contributed by atoms with Gasteiger partial charge in [-0.3, -0.25) is 13.9 Å². The van der Waals surface area contributed by atoms with Gasteiger partial charge in [0.25, 0.3) is 0 Å². The molecule has 2 aromatic rings. The molecule has 4 aliphatic rings. The van der Waals surface area contributed by atoms with Crippen LogP contribution in [-0.2, 0) is 31.6 Å². The maximum atomic E-state index is 14.1. The van der Waals surface area contributed by atoms with Crippen molar-refractivity contribution in [2.24, 2.45) is 17.8 Å². The summed E-state index contributed by atoms with van der Waals surface area (Å²) in [5.41, 5.74) is 2.61. The third-order valence-electron chi connectivity index (χ3n) is 10.2. The molecule has 2 amide bonds. The van der Waals surface area contributed by atoms with Gasteiger partial charge in [0.05, 0.1) is 22.0 Å². The number of amides is 2. The Kier molecular flexibility index (Phi) is 9.93. The number of carbonyl (C=O) groups is 2. The fourth-order valence-corrected chi connectivity index (χ4v) is 9.42. The highest BCUT2D eigenvalue weighted by Crippen LogP contribution is 2.60. The molecular formula is C34H45Cl2N3O4S. The summed E-state index contributed by atoms with van der Waals surface area (Å²) in [4.78, 5) is 28.9. The minimum absolute atomic E-state index is 0.0708. The maximum absolute atomic E-state index is 14.1. The number of nitrogens with one attached hydrogen (secondary N) is 1. The van der Waals surface area contributed by atoms with E-state index in [1.807, 2.05) is 32.9 Å². The lowest BCUT2D eigenvalue weighted by Crippen LogP contribution is -2.53. The van der Waals surface area contributed by atoms with Crippen molar-refractivity contribution in [3.63, 3.8) is 0 Å². The summed E-state index contributed by atoms with van der Waals surface area (Å²) in [5, 5.41) is 3.71. The molecular weight excluding hydrogens is 617 g/mol. The molecule has 6 rings (SSSR count). The van der Waals surface area contributed by atoms with Gasteiger partial charge in [0.2, 0.25) is 21.8 Å². The standard InChI is InChI=1S/C34H45Cl2N3O4S/c1-5-22(3)37-33(41)31(6-2)38(20-23-7-12-29(35)30(36)16-23)32(40)21-39(44(4,42)43)28-10-8-27(9-11-28)34-17-24-13-25(18-34)15-26(14-24)19-34/h7-12,16,22,24-26,31H,5-6,13-15,17-21H2,1-4H3,(H,37,41). The second kappa shape index (κ2) is 13.2. The van der Waals surface area contributed by atoms with E-state index in [0.717, 1.165) is 34.7 Å². The van der Waals surface area contributed by atoms with Crippen molar-refractivity contribution in [2.45, 2.75) is 96.2 Å². The van der Waals surface area contributed by atoms with E-state index in [0.29, 0.717) is 27.7 Å². The van der Waals surface area contributed by atoms with Crippen molar-refractivity contribution in [1.29, 1.82) is 0 Å². The highest BCUT2D eigenvalue weighted by Gasteiger charge is 2.51. The molecule has 0 spiro atoms. The van der Waals surface area contributed by atoms with Gasteiger partial charge in [0.1, 0.15) is 12.6 Å². The van der Waals surface area contributed by atoms with Crippen molar-refractivity contribution in [3.05, 3.63) is 63.6 Å². The number of carbonyl (C=O) groups excluding carboxylic acids is 2. The maximum Gasteiger partial charge on any atom is 0.244 e. The zero-order valence-corrected chi connectivity index (χ0v) is 28.5. The van der Waals surface area contributed by atoms with E-state index >= 15 is 0 Å². The Morgan fingerprint density at radius 3 is 2.02 bits per heavy atom. The predicted octanol–water partition coefficient (Wildman–Crippen LogP) is 6.95. The van der Waals surface area contributed by atoms with Gasteiger partial charge >= 0.3 is 0 Å². The number of rotatable bonds is 12. The van der Waals surface area contributed by atoms with Crippen LogP contribution in [0.1, 0.15) is 83.3 Å². The minimum atomic E-state index is -3.82. The zero-order valence-electron chi connectivity index (χ0n) is 26.2. The van der Waals surface area contributed by atoms with Crippen molar-refractivity contribution in [2.75, 3.05) is 17.1 Å². The van der Waals surface area contributed by atoms with Gasteiger partial charge in [-0.05, 0) is 117 Å². The summed E-state index contributed by atoms with van der Waals surface area (Å²) >= 11 is 12.4.